The molecule has 8 aromatic rings. The van der Waals surface area contributed by atoms with Gasteiger partial charge < -0.3 is 39.9 Å². The summed E-state index contributed by atoms with van der Waals surface area (Å²) in [6, 6.07) is 28.3. The molecule has 10 rings (SSSR count). The fourth-order valence-corrected chi connectivity index (χ4v) is 9.78. The molecule has 2 saturated heterocycles. The van der Waals surface area contributed by atoms with E-state index in [-0.39, 0.29) is 52.8 Å². The van der Waals surface area contributed by atoms with Crippen LogP contribution in [0.25, 0.3) is 65.6 Å². The Kier molecular flexibility index (Phi) is 14.4. The van der Waals surface area contributed by atoms with E-state index in [4.69, 9.17) is 27.9 Å². The summed E-state index contributed by atoms with van der Waals surface area (Å²) in [7, 11) is 1.67. The highest BCUT2D eigenvalue weighted by Crippen LogP contribution is 2.43. The molecule has 0 bridgehead atoms. The SMILES string of the molecule is C/C=C/C(=O)N1CCN(c2ncnc3cc(-c4cc(OC)cc5ccccc45)c(Cl)cc23)CC1.C=CC(=O)N1CCN(c2nc(NCCO)nc3c(F)c(-c4cc(O)cc5ccccc45)c(Cl)cc23)CC1. The van der Waals surface area contributed by atoms with E-state index >= 15 is 4.39 Å². The number of halogens is 3. The van der Waals surface area contributed by atoms with Gasteiger partial charge in [-0.15, -0.1) is 0 Å². The third-order valence-electron chi connectivity index (χ3n) is 12.7. The van der Waals surface area contributed by atoms with Gasteiger partial charge in [-0.1, -0.05) is 84.4 Å². The van der Waals surface area contributed by atoms with Crippen molar-refractivity contribution < 1.29 is 28.9 Å². The number of rotatable bonds is 10. The summed E-state index contributed by atoms with van der Waals surface area (Å²) in [5.41, 5.74) is 3.35. The number of aromatic nitrogens is 4. The van der Waals surface area contributed by atoms with Crippen molar-refractivity contribution in [2.75, 3.05) is 87.7 Å². The molecule has 0 spiro atoms. The fraction of sp³-hybridized carbons (Fsp3) is 0.222. The van der Waals surface area contributed by atoms with Crippen molar-refractivity contribution in [2.24, 2.45) is 0 Å². The third-order valence-corrected chi connectivity index (χ3v) is 13.3. The zero-order chi connectivity index (χ0) is 49.8. The maximum atomic E-state index is 16.3. The highest BCUT2D eigenvalue weighted by Gasteiger charge is 2.27. The number of aromatic hydroxyl groups is 1. The molecule has 0 atom stereocenters. The van der Waals surface area contributed by atoms with Gasteiger partial charge in [0.25, 0.3) is 0 Å². The number of aliphatic hydroxyl groups is 1. The normalized spacial score (nSPS) is 14.1. The van der Waals surface area contributed by atoms with E-state index in [1.165, 1.54) is 12.1 Å². The highest BCUT2D eigenvalue weighted by molar-refractivity contribution is 6.35. The molecule has 6 aromatic carbocycles. The molecule has 71 heavy (non-hydrogen) atoms. The molecule has 2 fully saturated rings. The number of fused-ring (bicyclic) bond motifs is 4. The predicted octanol–water partition coefficient (Wildman–Crippen LogP) is 9.52. The molecule has 0 radical (unpaired) electrons. The fourth-order valence-electron chi connectivity index (χ4n) is 9.22. The predicted molar refractivity (Wildman–Crippen MR) is 281 cm³/mol. The number of ether oxygens (including phenoxy) is 1. The summed E-state index contributed by atoms with van der Waals surface area (Å²) in [6.07, 6.45) is 6.27. The molecule has 0 aliphatic carbocycles. The van der Waals surface area contributed by atoms with Crippen molar-refractivity contribution >= 4 is 96.0 Å². The van der Waals surface area contributed by atoms with Crippen molar-refractivity contribution in [2.45, 2.75) is 6.92 Å². The lowest BCUT2D eigenvalue weighted by Crippen LogP contribution is -2.48. The van der Waals surface area contributed by atoms with E-state index in [1.54, 1.807) is 42.6 Å². The van der Waals surface area contributed by atoms with Gasteiger partial charge in [-0.05, 0) is 94.2 Å². The van der Waals surface area contributed by atoms with Gasteiger partial charge in [-0.3, -0.25) is 9.59 Å². The number of carbonyl (C=O) groups excluding carboxylic acids is 2. The number of piperazine rings is 2. The van der Waals surface area contributed by atoms with Crippen molar-refractivity contribution in [3.63, 3.8) is 0 Å². The number of allylic oxidation sites excluding steroid dienone is 1. The number of hydrogen-bond acceptors (Lipinski definition) is 12. The van der Waals surface area contributed by atoms with Gasteiger partial charge in [0.05, 0.1) is 24.3 Å². The Morgan fingerprint density at radius 3 is 2.04 bits per heavy atom. The number of phenols is 1. The number of benzene rings is 6. The zero-order valence-corrected chi connectivity index (χ0v) is 40.6. The molecule has 2 aliphatic rings. The quantitative estimate of drug-likeness (QED) is 0.112. The minimum Gasteiger partial charge on any atom is -0.508 e. The van der Waals surface area contributed by atoms with Crippen molar-refractivity contribution in [3.05, 3.63) is 138 Å². The molecule has 3 N–H and O–H groups in total. The van der Waals surface area contributed by atoms with Crippen LogP contribution >= 0.6 is 23.2 Å². The molecular formula is C54H50Cl2FN9O5. The molecule has 0 unspecified atom stereocenters. The number of amides is 2. The minimum atomic E-state index is -0.644. The Morgan fingerprint density at radius 2 is 1.38 bits per heavy atom. The number of hydrogen-bond donors (Lipinski definition) is 3. The van der Waals surface area contributed by atoms with Crippen LogP contribution in [0.5, 0.6) is 11.5 Å². The molecule has 2 aromatic heterocycles. The maximum Gasteiger partial charge on any atom is 0.246 e. The number of aliphatic hydroxyl groups excluding tert-OH is 1. The van der Waals surface area contributed by atoms with Crippen LogP contribution < -0.4 is 19.9 Å². The molecule has 2 aliphatic heterocycles. The zero-order valence-electron chi connectivity index (χ0n) is 39.1. The van der Waals surface area contributed by atoms with Crippen LogP contribution in [0.3, 0.4) is 0 Å². The smallest absolute Gasteiger partial charge is 0.246 e. The molecule has 0 saturated carbocycles. The van der Waals surface area contributed by atoms with Gasteiger partial charge in [-0.2, -0.15) is 4.98 Å². The molecule has 362 valence electrons. The second-order valence-corrected chi connectivity index (χ2v) is 17.8. The summed E-state index contributed by atoms with van der Waals surface area (Å²) in [6.45, 7) is 10.0. The number of nitrogens with one attached hydrogen (secondary N) is 1. The highest BCUT2D eigenvalue weighted by atomic mass is 35.5. The lowest BCUT2D eigenvalue weighted by molar-refractivity contribution is -0.127. The van der Waals surface area contributed by atoms with Crippen LogP contribution in [0.4, 0.5) is 22.0 Å². The van der Waals surface area contributed by atoms with E-state index < -0.39 is 5.82 Å². The summed E-state index contributed by atoms with van der Waals surface area (Å²) in [5, 5.41) is 28.3. The lowest BCUT2D eigenvalue weighted by Gasteiger charge is -2.35. The maximum absolute atomic E-state index is 16.3. The Bertz CT molecular complexity index is 3380. The molecule has 14 nitrogen and oxygen atoms in total. The number of methoxy groups -OCH3 is 1. The molecular weight excluding hydrogens is 945 g/mol. The Morgan fingerprint density at radius 1 is 0.746 bits per heavy atom. The van der Waals surface area contributed by atoms with Crippen LogP contribution in [0, 0.1) is 5.82 Å². The van der Waals surface area contributed by atoms with E-state index in [0.29, 0.717) is 74.1 Å². The topological polar surface area (TPSA) is 160 Å². The summed E-state index contributed by atoms with van der Waals surface area (Å²) in [5.74, 6) is 1.51. The van der Waals surface area contributed by atoms with Crippen molar-refractivity contribution in [1.82, 2.24) is 29.7 Å². The summed E-state index contributed by atoms with van der Waals surface area (Å²) >= 11 is 13.6. The van der Waals surface area contributed by atoms with E-state index in [0.717, 1.165) is 55.1 Å². The van der Waals surface area contributed by atoms with Crippen LogP contribution in [-0.4, -0.2) is 124 Å². The Balaban J connectivity index is 0.000000176. The standard InChI is InChI=1S/C27H25ClFN5O3.C27H25ClN4O2/c1-2-22(37)33-8-10-34(11-9-33)26-20-15-21(28)23(24(29)25(20)31-27(32-26)30-7-12-35)19-14-17(36)13-16-5-3-4-6-18(16)19;1-3-6-26(33)31-9-11-32(12-10-31)27-23-15-24(28)22(16-25(23)29-17-30-27)21-14-19(34-2)13-18-7-4-5-8-20(18)21/h2-6,13-15,35-36H,1,7-12H2,(H,30,31,32);3-8,13-17H,9-12H2,1-2H3/b;6-3+. The van der Waals surface area contributed by atoms with E-state index in [2.05, 4.69) is 48.9 Å². The van der Waals surface area contributed by atoms with Gasteiger partial charge in [0, 0.05) is 85.8 Å². The van der Waals surface area contributed by atoms with Gasteiger partial charge in [0.15, 0.2) is 5.82 Å². The van der Waals surface area contributed by atoms with Crippen LogP contribution in [0.2, 0.25) is 10.0 Å². The van der Waals surface area contributed by atoms with Gasteiger partial charge in [0.2, 0.25) is 17.8 Å². The first-order chi connectivity index (χ1) is 34.5. The molecule has 17 heteroatoms. The van der Waals surface area contributed by atoms with Crippen LogP contribution in [0.15, 0.2) is 122 Å². The largest absolute Gasteiger partial charge is 0.508 e. The number of phenolic OH excluding ortho intramolecular Hbond substituents is 1. The monoisotopic (exact) mass is 993 g/mol. The Labute approximate surface area is 419 Å². The first-order valence-corrected chi connectivity index (χ1v) is 23.9. The second-order valence-electron chi connectivity index (χ2n) is 17.0. The number of carbonyl (C=O) groups is 2. The number of nitrogens with zero attached hydrogens (tertiary/aromatic N) is 8. The lowest BCUT2D eigenvalue weighted by atomic mass is 9.96. The summed E-state index contributed by atoms with van der Waals surface area (Å²) < 4.78 is 21.9. The van der Waals surface area contributed by atoms with E-state index in [1.807, 2.05) is 77.4 Å². The first kappa shape index (κ1) is 48.4. The van der Waals surface area contributed by atoms with Gasteiger partial charge >= 0.3 is 0 Å². The summed E-state index contributed by atoms with van der Waals surface area (Å²) in [4.78, 5) is 50.1. The average molecular weight is 995 g/mol. The molecule has 4 heterocycles. The van der Waals surface area contributed by atoms with Gasteiger partial charge in [-0.25, -0.2) is 19.3 Å². The van der Waals surface area contributed by atoms with Crippen molar-refractivity contribution in [3.8, 4) is 33.8 Å². The minimum absolute atomic E-state index is 0.00937. The van der Waals surface area contributed by atoms with Gasteiger partial charge in [0.1, 0.15) is 35.0 Å². The third kappa shape index (κ3) is 9.93. The molecule has 2 amide bonds. The van der Waals surface area contributed by atoms with Crippen LogP contribution in [-0.2, 0) is 9.59 Å². The second kappa shape index (κ2) is 21.2. The first-order valence-electron chi connectivity index (χ1n) is 23.1. The number of anilines is 3. The average Bonchev–Trinajstić information content (AvgIpc) is 3.39. The van der Waals surface area contributed by atoms with E-state index in [9.17, 15) is 19.8 Å². The van der Waals surface area contributed by atoms with Crippen molar-refractivity contribution in [1.29, 1.82) is 0 Å². The Hall–Kier alpha value is -7.59. The van der Waals surface area contributed by atoms with Crippen LogP contribution in [0.1, 0.15) is 6.92 Å².